The van der Waals surface area contributed by atoms with E-state index < -0.39 is 0 Å². The molecule has 0 aromatic heterocycles. The maximum atomic E-state index is 12.7. The first-order valence-electron chi connectivity index (χ1n) is 11.5. The zero-order valence-corrected chi connectivity index (χ0v) is 18.5. The number of nitrogens with one attached hydrogen (secondary N) is 2. The molecule has 6 nitrogen and oxygen atoms in total. The molecule has 0 aliphatic carbocycles. The summed E-state index contributed by atoms with van der Waals surface area (Å²) in [6, 6.07) is 8.28. The van der Waals surface area contributed by atoms with Crippen LogP contribution in [0.2, 0.25) is 0 Å². The van der Waals surface area contributed by atoms with Gasteiger partial charge in [0.25, 0.3) is 0 Å². The number of benzene rings is 1. The van der Waals surface area contributed by atoms with E-state index in [2.05, 4.69) is 41.8 Å². The Morgan fingerprint density at radius 2 is 1.23 bits per heavy atom. The molecule has 30 heavy (non-hydrogen) atoms. The molecular formula is C24H36N4O2. The maximum Gasteiger partial charge on any atom is 0.233 e. The monoisotopic (exact) mass is 412 g/mol. The number of carbonyl (C=O) groups excluding carboxylic acids is 2. The minimum Gasteiger partial charge on any atom is -0.345 e. The van der Waals surface area contributed by atoms with Gasteiger partial charge < -0.3 is 20.4 Å². The van der Waals surface area contributed by atoms with Crippen LogP contribution in [0.4, 0.5) is 5.69 Å². The lowest BCUT2D eigenvalue weighted by molar-refractivity contribution is -0.136. The average Bonchev–Trinajstić information content (AvgIpc) is 3.22. The van der Waals surface area contributed by atoms with E-state index in [4.69, 9.17) is 0 Å². The SMILES string of the molecule is CN1CCC2(CCNCC2)C1=O.Cc1ccc(N2CCC3(CCNCC3)C2=O)cc1. The van der Waals surface area contributed by atoms with Crippen LogP contribution in [0.3, 0.4) is 0 Å². The molecule has 6 heteroatoms. The molecular weight excluding hydrogens is 376 g/mol. The second kappa shape index (κ2) is 8.67. The van der Waals surface area contributed by atoms with Gasteiger partial charge in [-0.3, -0.25) is 9.59 Å². The van der Waals surface area contributed by atoms with Crippen molar-refractivity contribution < 1.29 is 9.59 Å². The van der Waals surface area contributed by atoms with Gasteiger partial charge in [0.15, 0.2) is 0 Å². The Morgan fingerprint density at radius 3 is 1.73 bits per heavy atom. The molecule has 4 aliphatic heterocycles. The van der Waals surface area contributed by atoms with E-state index in [0.29, 0.717) is 11.8 Å². The van der Waals surface area contributed by atoms with Crippen molar-refractivity contribution in [2.75, 3.05) is 51.2 Å². The fourth-order valence-electron chi connectivity index (χ4n) is 5.53. The predicted molar refractivity (Wildman–Crippen MR) is 119 cm³/mol. The van der Waals surface area contributed by atoms with Crippen LogP contribution in [-0.4, -0.2) is 63.0 Å². The van der Waals surface area contributed by atoms with Gasteiger partial charge in [-0.05, 0) is 83.8 Å². The van der Waals surface area contributed by atoms with Gasteiger partial charge in [-0.2, -0.15) is 0 Å². The highest BCUT2D eigenvalue weighted by Crippen LogP contribution is 2.41. The molecule has 5 rings (SSSR count). The molecule has 2 spiro atoms. The van der Waals surface area contributed by atoms with E-state index in [-0.39, 0.29) is 10.8 Å². The molecule has 4 fully saturated rings. The summed E-state index contributed by atoms with van der Waals surface area (Å²) in [5, 5.41) is 6.65. The van der Waals surface area contributed by atoms with Crippen molar-refractivity contribution in [2.45, 2.75) is 45.4 Å². The van der Waals surface area contributed by atoms with Crippen LogP contribution in [0, 0.1) is 17.8 Å². The van der Waals surface area contributed by atoms with Gasteiger partial charge in [0.1, 0.15) is 0 Å². The molecule has 1 aromatic carbocycles. The largest absolute Gasteiger partial charge is 0.345 e. The van der Waals surface area contributed by atoms with Crippen LogP contribution in [-0.2, 0) is 9.59 Å². The number of aryl methyl sites for hydroxylation is 1. The number of hydrogen-bond donors (Lipinski definition) is 2. The Balaban J connectivity index is 0.000000158. The van der Waals surface area contributed by atoms with Crippen molar-refractivity contribution in [2.24, 2.45) is 10.8 Å². The van der Waals surface area contributed by atoms with Crippen molar-refractivity contribution in [1.82, 2.24) is 15.5 Å². The van der Waals surface area contributed by atoms with Crippen LogP contribution in [0.5, 0.6) is 0 Å². The summed E-state index contributed by atoms with van der Waals surface area (Å²) in [5.74, 6) is 0.719. The summed E-state index contributed by atoms with van der Waals surface area (Å²) < 4.78 is 0. The van der Waals surface area contributed by atoms with Gasteiger partial charge in [0.05, 0.1) is 10.8 Å². The van der Waals surface area contributed by atoms with Crippen molar-refractivity contribution in [3.8, 4) is 0 Å². The van der Waals surface area contributed by atoms with Crippen molar-refractivity contribution >= 4 is 17.5 Å². The van der Waals surface area contributed by atoms with E-state index in [1.807, 2.05) is 16.8 Å². The van der Waals surface area contributed by atoms with E-state index in [0.717, 1.165) is 83.5 Å². The van der Waals surface area contributed by atoms with Gasteiger partial charge in [0, 0.05) is 25.8 Å². The minimum absolute atomic E-state index is 0.0278. The van der Waals surface area contributed by atoms with Gasteiger partial charge in [-0.1, -0.05) is 17.7 Å². The standard InChI is InChI=1S/C15H20N2O.C9H16N2O/c1-12-2-4-13(5-3-12)17-11-8-15(14(17)18)6-9-16-10-7-15;1-11-7-4-9(8(11)12)2-5-10-6-3-9/h2-5,16H,6-11H2,1H3;10H,2-7H2,1H3. The number of piperidine rings is 2. The second-order valence-electron chi connectivity index (χ2n) is 9.58. The van der Waals surface area contributed by atoms with Crippen LogP contribution < -0.4 is 15.5 Å². The molecule has 4 heterocycles. The third kappa shape index (κ3) is 4.00. The quantitative estimate of drug-likeness (QED) is 0.743. The van der Waals surface area contributed by atoms with Gasteiger partial charge in [0.2, 0.25) is 11.8 Å². The highest BCUT2D eigenvalue weighted by atomic mass is 16.2. The molecule has 164 valence electrons. The number of hydrogen-bond acceptors (Lipinski definition) is 4. The molecule has 0 radical (unpaired) electrons. The molecule has 0 bridgehead atoms. The van der Waals surface area contributed by atoms with Crippen molar-refractivity contribution in [3.63, 3.8) is 0 Å². The first kappa shape index (κ1) is 21.3. The zero-order chi connectivity index (χ0) is 21.2. The normalized spacial score (nSPS) is 25.0. The number of nitrogens with zero attached hydrogens (tertiary/aromatic N) is 2. The smallest absolute Gasteiger partial charge is 0.233 e. The van der Waals surface area contributed by atoms with Crippen LogP contribution in [0.15, 0.2) is 24.3 Å². The van der Waals surface area contributed by atoms with Crippen molar-refractivity contribution in [3.05, 3.63) is 29.8 Å². The number of carbonyl (C=O) groups is 2. The lowest BCUT2D eigenvalue weighted by atomic mass is 9.78. The van der Waals surface area contributed by atoms with Crippen molar-refractivity contribution in [1.29, 1.82) is 0 Å². The molecule has 0 unspecified atom stereocenters. The summed E-state index contributed by atoms with van der Waals surface area (Å²) >= 11 is 0. The van der Waals surface area contributed by atoms with Crippen LogP contribution in [0.25, 0.3) is 0 Å². The predicted octanol–water partition coefficient (Wildman–Crippen LogP) is 2.32. The third-order valence-electron chi connectivity index (χ3n) is 7.71. The Hall–Kier alpha value is -1.92. The molecule has 0 atom stereocenters. The zero-order valence-electron chi connectivity index (χ0n) is 18.5. The summed E-state index contributed by atoms with van der Waals surface area (Å²) in [7, 11) is 1.92. The minimum atomic E-state index is -0.0733. The first-order valence-corrected chi connectivity index (χ1v) is 11.5. The highest BCUT2D eigenvalue weighted by Gasteiger charge is 2.47. The topological polar surface area (TPSA) is 64.7 Å². The summed E-state index contributed by atoms with van der Waals surface area (Å²) in [4.78, 5) is 28.3. The Morgan fingerprint density at radius 1 is 0.733 bits per heavy atom. The molecule has 1 aromatic rings. The van der Waals surface area contributed by atoms with Gasteiger partial charge in [-0.25, -0.2) is 0 Å². The van der Waals surface area contributed by atoms with Gasteiger partial charge >= 0.3 is 0 Å². The lowest BCUT2D eigenvalue weighted by Gasteiger charge is -2.32. The van der Waals surface area contributed by atoms with E-state index in [9.17, 15) is 9.59 Å². The average molecular weight is 413 g/mol. The van der Waals surface area contributed by atoms with Gasteiger partial charge in [-0.15, -0.1) is 0 Å². The number of anilines is 1. The van der Waals surface area contributed by atoms with Crippen LogP contribution in [0.1, 0.15) is 44.1 Å². The second-order valence-corrected chi connectivity index (χ2v) is 9.58. The third-order valence-corrected chi connectivity index (χ3v) is 7.71. The fraction of sp³-hybridized carbons (Fsp3) is 0.667. The molecule has 4 saturated heterocycles. The number of rotatable bonds is 1. The lowest BCUT2D eigenvalue weighted by Crippen LogP contribution is -2.42. The fourth-order valence-corrected chi connectivity index (χ4v) is 5.53. The summed E-state index contributed by atoms with van der Waals surface area (Å²) in [6.45, 7) is 7.89. The Labute approximate surface area is 180 Å². The van der Waals surface area contributed by atoms with E-state index in [1.54, 1.807) is 0 Å². The maximum absolute atomic E-state index is 12.7. The molecule has 0 saturated carbocycles. The summed E-state index contributed by atoms with van der Waals surface area (Å²) in [5.41, 5.74) is 2.25. The molecule has 2 amide bonds. The summed E-state index contributed by atoms with van der Waals surface area (Å²) in [6.07, 6.45) is 6.15. The van der Waals surface area contributed by atoms with E-state index >= 15 is 0 Å². The Bertz CT molecular complexity index is 758. The highest BCUT2D eigenvalue weighted by molar-refractivity contribution is 6.00. The molecule has 2 N–H and O–H groups in total. The first-order chi connectivity index (χ1) is 14.5. The van der Waals surface area contributed by atoms with E-state index in [1.165, 1.54) is 5.56 Å². The Kier molecular flexibility index (Phi) is 6.16. The van der Waals surface area contributed by atoms with Crippen LogP contribution >= 0.6 is 0 Å². The molecule has 4 aliphatic rings. The number of amides is 2. The number of likely N-dealkylation sites (tertiary alicyclic amines) is 1.